The maximum Gasteiger partial charge on any atom is 0.490 e. The summed E-state index contributed by atoms with van der Waals surface area (Å²) in [7, 11) is 0. The van der Waals surface area contributed by atoms with Crippen molar-refractivity contribution in [2.45, 2.75) is 25.1 Å². The van der Waals surface area contributed by atoms with Crippen molar-refractivity contribution >= 4 is 29.4 Å². The Hall–Kier alpha value is -3.41. The number of ether oxygens (including phenoxy) is 1. The van der Waals surface area contributed by atoms with Crippen molar-refractivity contribution in [3.05, 3.63) is 42.5 Å². The van der Waals surface area contributed by atoms with Gasteiger partial charge in [0.2, 0.25) is 5.91 Å². The third kappa shape index (κ3) is 7.59. The maximum atomic E-state index is 12.6. The third-order valence-corrected chi connectivity index (χ3v) is 4.91. The molecule has 1 aromatic carbocycles. The van der Waals surface area contributed by atoms with E-state index in [1.54, 1.807) is 34.1 Å². The molecule has 2 aliphatic rings. The second-order valence-electron chi connectivity index (χ2n) is 7.19. The summed E-state index contributed by atoms with van der Waals surface area (Å²) in [5, 5.41) is 9.77. The third-order valence-electron chi connectivity index (χ3n) is 4.91. The van der Waals surface area contributed by atoms with Crippen molar-refractivity contribution in [2.24, 2.45) is 0 Å². The summed E-state index contributed by atoms with van der Waals surface area (Å²) in [6, 6.07) is 6.74. The monoisotopic (exact) mass is 471 g/mol. The van der Waals surface area contributed by atoms with Gasteiger partial charge in [0.05, 0.1) is 0 Å². The number of aliphatic carboxylic acids is 1. The molecular weight excluding hydrogens is 447 g/mol. The number of alkyl halides is 3. The van der Waals surface area contributed by atoms with Gasteiger partial charge in [0.1, 0.15) is 6.10 Å². The van der Waals surface area contributed by atoms with Gasteiger partial charge in [-0.2, -0.15) is 13.2 Å². The standard InChI is InChI=1S/C19H23N3O4.C2HF3O2/c1-2-17(23)20-15-7-5-14(6-8-15)18(24)21-9-11-22(12-10-21)19(25)16-4-3-13-26-16;3-2(4,5)1(6)7/h2,5-8,16H,1,3-4,9-13H2,(H,20,23);(H,6,7). The number of piperazine rings is 1. The van der Waals surface area contributed by atoms with Crippen LogP contribution in [0.5, 0.6) is 0 Å². The van der Waals surface area contributed by atoms with Crippen LogP contribution in [0.3, 0.4) is 0 Å². The molecule has 180 valence electrons. The molecule has 0 saturated carbocycles. The topological polar surface area (TPSA) is 116 Å². The highest BCUT2D eigenvalue weighted by atomic mass is 19.4. The second kappa shape index (κ2) is 11.5. The molecule has 2 aliphatic heterocycles. The predicted molar refractivity (Wildman–Crippen MR) is 110 cm³/mol. The summed E-state index contributed by atoms with van der Waals surface area (Å²) < 4.78 is 37.2. The number of benzene rings is 1. The number of rotatable bonds is 4. The molecule has 9 nitrogen and oxygen atoms in total. The Morgan fingerprint density at radius 3 is 2.06 bits per heavy atom. The van der Waals surface area contributed by atoms with Gasteiger partial charge in [0, 0.05) is 44.0 Å². The van der Waals surface area contributed by atoms with Gasteiger partial charge in [0.25, 0.3) is 11.8 Å². The van der Waals surface area contributed by atoms with E-state index in [0.29, 0.717) is 44.0 Å². The molecule has 0 aliphatic carbocycles. The summed E-state index contributed by atoms with van der Waals surface area (Å²) in [4.78, 5) is 48.7. The first-order valence-corrected chi connectivity index (χ1v) is 10.1. The highest BCUT2D eigenvalue weighted by Crippen LogP contribution is 2.17. The smallest absolute Gasteiger partial charge is 0.475 e. The van der Waals surface area contributed by atoms with Crippen molar-refractivity contribution in [1.82, 2.24) is 9.80 Å². The molecule has 3 rings (SSSR count). The molecule has 2 heterocycles. The predicted octanol–water partition coefficient (Wildman–Crippen LogP) is 1.91. The Morgan fingerprint density at radius 1 is 1.06 bits per heavy atom. The Morgan fingerprint density at radius 2 is 1.61 bits per heavy atom. The van der Waals surface area contributed by atoms with Gasteiger partial charge < -0.3 is 25.0 Å². The second-order valence-corrected chi connectivity index (χ2v) is 7.19. The van der Waals surface area contributed by atoms with E-state index in [1.165, 1.54) is 6.08 Å². The van der Waals surface area contributed by atoms with Crippen LogP contribution < -0.4 is 5.32 Å². The van der Waals surface area contributed by atoms with Crippen LogP contribution in [0.25, 0.3) is 0 Å². The average Bonchev–Trinajstić information content (AvgIpc) is 3.33. The van der Waals surface area contributed by atoms with E-state index in [-0.39, 0.29) is 23.8 Å². The minimum absolute atomic E-state index is 0.0388. The molecule has 2 saturated heterocycles. The first kappa shape index (κ1) is 25.8. The van der Waals surface area contributed by atoms with Crippen LogP contribution in [-0.2, 0) is 19.1 Å². The number of carboxylic acid groups (broad SMARTS) is 1. The van der Waals surface area contributed by atoms with E-state index < -0.39 is 12.1 Å². The summed E-state index contributed by atoms with van der Waals surface area (Å²) in [5.41, 5.74) is 1.17. The van der Waals surface area contributed by atoms with Crippen molar-refractivity contribution in [1.29, 1.82) is 0 Å². The Labute approximate surface area is 187 Å². The lowest BCUT2D eigenvalue weighted by Crippen LogP contribution is -2.52. The normalized spacial score (nSPS) is 18.1. The summed E-state index contributed by atoms with van der Waals surface area (Å²) >= 11 is 0. The maximum absolute atomic E-state index is 12.6. The number of nitrogens with one attached hydrogen (secondary N) is 1. The van der Waals surface area contributed by atoms with E-state index >= 15 is 0 Å². The van der Waals surface area contributed by atoms with E-state index in [2.05, 4.69) is 11.9 Å². The molecule has 0 spiro atoms. The van der Waals surface area contributed by atoms with Crippen LogP contribution in [0.4, 0.5) is 18.9 Å². The molecule has 12 heteroatoms. The number of hydrogen-bond donors (Lipinski definition) is 2. The number of nitrogens with zero attached hydrogens (tertiary/aromatic N) is 2. The van der Waals surface area contributed by atoms with Crippen molar-refractivity contribution in [2.75, 3.05) is 38.1 Å². The molecule has 1 unspecified atom stereocenters. The summed E-state index contributed by atoms with van der Waals surface area (Å²) in [6.07, 6.45) is -2.49. The van der Waals surface area contributed by atoms with Gasteiger partial charge >= 0.3 is 12.1 Å². The first-order valence-electron chi connectivity index (χ1n) is 10.1. The zero-order chi connectivity index (χ0) is 24.6. The number of carbonyl (C=O) groups excluding carboxylic acids is 3. The Bertz CT molecular complexity index is 874. The van der Waals surface area contributed by atoms with E-state index in [0.717, 1.165) is 12.8 Å². The van der Waals surface area contributed by atoms with Gasteiger partial charge in [-0.15, -0.1) is 0 Å². The number of carboxylic acids is 1. The molecule has 1 atom stereocenters. The van der Waals surface area contributed by atoms with Crippen LogP contribution in [0.15, 0.2) is 36.9 Å². The van der Waals surface area contributed by atoms with E-state index in [9.17, 15) is 27.6 Å². The number of halogens is 3. The number of hydrogen-bond acceptors (Lipinski definition) is 5. The Kier molecular flexibility index (Phi) is 8.97. The minimum atomic E-state index is -5.08. The van der Waals surface area contributed by atoms with Crippen molar-refractivity contribution in [3.8, 4) is 0 Å². The van der Waals surface area contributed by atoms with E-state index in [4.69, 9.17) is 14.6 Å². The Balaban J connectivity index is 0.000000479. The quantitative estimate of drug-likeness (QED) is 0.648. The lowest BCUT2D eigenvalue weighted by atomic mass is 10.1. The van der Waals surface area contributed by atoms with Crippen LogP contribution in [0.2, 0.25) is 0 Å². The van der Waals surface area contributed by atoms with Crippen molar-refractivity contribution in [3.63, 3.8) is 0 Å². The van der Waals surface area contributed by atoms with Gasteiger partial charge in [-0.1, -0.05) is 6.58 Å². The highest BCUT2D eigenvalue weighted by molar-refractivity contribution is 5.99. The van der Waals surface area contributed by atoms with Gasteiger partial charge in [0.15, 0.2) is 0 Å². The molecule has 1 aromatic rings. The lowest BCUT2D eigenvalue weighted by molar-refractivity contribution is -0.192. The fraction of sp³-hybridized carbons (Fsp3) is 0.429. The molecule has 33 heavy (non-hydrogen) atoms. The molecule has 0 aromatic heterocycles. The number of carbonyl (C=O) groups is 4. The van der Waals surface area contributed by atoms with Gasteiger partial charge in [-0.3, -0.25) is 14.4 Å². The SMILES string of the molecule is C=CC(=O)Nc1ccc(C(=O)N2CCN(C(=O)C3CCCO3)CC2)cc1.O=C(O)C(F)(F)F. The first-order chi connectivity index (χ1) is 15.5. The van der Waals surface area contributed by atoms with Crippen LogP contribution in [-0.4, -0.2) is 83.7 Å². The lowest BCUT2D eigenvalue weighted by Gasteiger charge is -2.35. The highest BCUT2D eigenvalue weighted by Gasteiger charge is 2.38. The molecular formula is C21H24F3N3O6. The number of anilines is 1. The largest absolute Gasteiger partial charge is 0.490 e. The molecule has 0 bridgehead atoms. The van der Waals surface area contributed by atoms with Gasteiger partial charge in [-0.05, 0) is 43.2 Å². The fourth-order valence-electron chi connectivity index (χ4n) is 3.18. The van der Waals surface area contributed by atoms with Crippen LogP contribution >= 0.6 is 0 Å². The van der Waals surface area contributed by atoms with E-state index in [1.807, 2.05) is 0 Å². The molecule has 2 N–H and O–H groups in total. The molecule has 2 fully saturated rings. The zero-order valence-corrected chi connectivity index (χ0v) is 17.6. The zero-order valence-electron chi connectivity index (χ0n) is 17.6. The minimum Gasteiger partial charge on any atom is -0.475 e. The summed E-state index contributed by atoms with van der Waals surface area (Å²) in [6.45, 7) is 6.11. The molecule has 0 radical (unpaired) electrons. The van der Waals surface area contributed by atoms with Crippen LogP contribution in [0, 0.1) is 0 Å². The summed E-state index contributed by atoms with van der Waals surface area (Å²) in [5.74, 6) is -3.09. The molecule has 3 amide bonds. The number of amides is 3. The van der Waals surface area contributed by atoms with Crippen molar-refractivity contribution < 1.29 is 42.2 Å². The van der Waals surface area contributed by atoms with Crippen LogP contribution in [0.1, 0.15) is 23.2 Å². The van der Waals surface area contributed by atoms with Gasteiger partial charge in [-0.25, -0.2) is 4.79 Å². The fourth-order valence-corrected chi connectivity index (χ4v) is 3.18. The average molecular weight is 471 g/mol.